The molecular weight excluding hydrogens is 238 g/mol. The summed E-state index contributed by atoms with van der Waals surface area (Å²) in [5, 5.41) is 9.35. The maximum absolute atomic E-state index is 9.35. The van der Waals surface area contributed by atoms with Gasteiger partial charge in [0.15, 0.2) is 0 Å². The van der Waals surface area contributed by atoms with E-state index in [0.717, 1.165) is 17.0 Å². The molecule has 1 aromatic carbocycles. The highest BCUT2D eigenvalue weighted by atomic mass is 16.3. The number of hydrogen-bond donors (Lipinski definition) is 1. The molecule has 3 rings (SSSR count). The third kappa shape index (κ3) is 2.21. The molecule has 0 aliphatic heterocycles. The molecule has 4 heteroatoms. The van der Waals surface area contributed by atoms with Crippen LogP contribution < -0.4 is 4.90 Å². The molecule has 1 aliphatic rings. The van der Waals surface area contributed by atoms with Crippen molar-refractivity contribution in [3.05, 3.63) is 24.3 Å². The van der Waals surface area contributed by atoms with E-state index in [1.54, 1.807) is 0 Å². The quantitative estimate of drug-likeness (QED) is 0.916. The van der Waals surface area contributed by atoms with Crippen LogP contribution in [-0.4, -0.2) is 33.9 Å². The molecule has 0 bridgehead atoms. The van der Waals surface area contributed by atoms with Crippen LogP contribution in [0.5, 0.6) is 0 Å². The first-order chi connectivity index (χ1) is 9.31. The Morgan fingerprint density at radius 2 is 2.05 bits per heavy atom. The zero-order valence-corrected chi connectivity index (χ0v) is 11.4. The topological polar surface area (TPSA) is 41.3 Å². The number of fused-ring (bicyclic) bond motifs is 1. The number of aromatic nitrogens is 2. The summed E-state index contributed by atoms with van der Waals surface area (Å²) < 4.78 is 2.14. The molecule has 102 valence electrons. The van der Waals surface area contributed by atoms with Gasteiger partial charge in [-0.1, -0.05) is 25.0 Å². The summed E-state index contributed by atoms with van der Waals surface area (Å²) in [5.74, 6) is 0.988. The fourth-order valence-electron chi connectivity index (χ4n) is 3.16. The minimum absolute atomic E-state index is 0.180. The first-order valence-corrected chi connectivity index (χ1v) is 7.10. The van der Waals surface area contributed by atoms with Crippen molar-refractivity contribution in [3.8, 4) is 0 Å². The van der Waals surface area contributed by atoms with Gasteiger partial charge in [-0.05, 0) is 25.0 Å². The van der Waals surface area contributed by atoms with E-state index in [2.05, 4.69) is 22.6 Å². The van der Waals surface area contributed by atoms with Gasteiger partial charge in [-0.15, -0.1) is 0 Å². The summed E-state index contributed by atoms with van der Waals surface area (Å²) in [6.45, 7) is 0.849. The van der Waals surface area contributed by atoms with Crippen LogP contribution in [0.4, 0.5) is 5.95 Å². The van der Waals surface area contributed by atoms with Gasteiger partial charge in [-0.2, -0.15) is 0 Å². The van der Waals surface area contributed by atoms with Crippen molar-refractivity contribution in [1.29, 1.82) is 0 Å². The molecule has 0 atom stereocenters. The molecule has 4 nitrogen and oxygen atoms in total. The van der Waals surface area contributed by atoms with Crippen LogP contribution in [0.2, 0.25) is 0 Å². The van der Waals surface area contributed by atoms with E-state index in [9.17, 15) is 5.11 Å². The molecule has 0 spiro atoms. The number of benzene rings is 1. The van der Waals surface area contributed by atoms with Crippen LogP contribution in [0.25, 0.3) is 11.0 Å². The molecule has 1 heterocycles. The van der Waals surface area contributed by atoms with Crippen molar-refractivity contribution in [3.63, 3.8) is 0 Å². The van der Waals surface area contributed by atoms with Crippen molar-refractivity contribution in [2.24, 2.45) is 7.05 Å². The van der Waals surface area contributed by atoms with Crippen molar-refractivity contribution in [2.45, 2.75) is 31.7 Å². The van der Waals surface area contributed by atoms with Gasteiger partial charge >= 0.3 is 0 Å². The van der Waals surface area contributed by atoms with Gasteiger partial charge in [0.1, 0.15) is 0 Å². The lowest BCUT2D eigenvalue weighted by molar-refractivity contribution is 0.296. The standard InChI is InChI=1S/C15H21N3O/c1-17-14-9-5-4-8-13(14)16-15(17)18(10-11-19)12-6-2-3-7-12/h4-5,8-9,12,19H,2-3,6-7,10-11H2,1H3. The van der Waals surface area contributed by atoms with Crippen LogP contribution in [0, 0.1) is 0 Å². The number of para-hydroxylation sites is 2. The fourth-order valence-corrected chi connectivity index (χ4v) is 3.16. The maximum atomic E-state index is 9.35. The van der Waals surface area contributed by atoms with Gasteiger partial charge in [-0.25, -0.2) is 4.98 Å². The van der Waals surface area contributed by atoms with Gasteiger partial charge in [-0.3, -0.25) is 0 Å². The molecule has 1 saturated carbocycles. The van der Waals surface area contributed by atoms with Crippen molar-refractivity contribution >= 4 is 17.0 Å². The number of nitrogens with zero attached hydrogens (tertiary/aromatic N) is 3. The van der Waals surface area contributed by atoms with E-state index in [1.807, 2.05) is 18.2 Å². The van der Waals surface area contributed by atoms with E-state index in [4.69, 9.17) is 4.98 Å². The van der Waals surface area contributed by atoms with Gasteiger partial charge in [0.25, 0.3) is 0 Å². The van der Waals surface area contributed by atoms with Crippen LogP contribution in [0.15, 0.2) is 24.3 Å². The minimum atomic E-state index is 0.180. The lowest BCUT2D eigenvalue weighted by Crippen LogP contribution is -2.37. The Hall–Kier alpha value is -1.55. The van der Waals surface area contributed by atoms with Gasteiger partial charge in [0, 0.05) is 19.6 Å². The highest BCUT2D eigenvalue weighted by molar-refractivity contribution is 5.78. The van der Waals surface area contributed by atoms with Crippen molar-refractivity contribution < 1.29 is 5.11 Å². The third-order valence-electron chi connectivity index (χ3n) is 4.13. The Morgan fingerprint density at radius 3 is 2.74 bits per heavy atom. The van der Waals surface area contributed by atoms with E-state index in [1.165, 1.54) is 25.7 Å². The van der Waals surface area contributed by atoms with Crippen LogP contribution in [-0.2, 0) is 7.05 Å². The van der Waals surface area contributed by atoms with Gasteiger partial charge in [0.2, 0.25) is 5.95 Å². The number of anilines is 1. The third-order valence-corrected chi connectivity index (χ3v) is 4.13. The molecular formula is C15H21N3O. The molecule has 2 aromatic rings. The van der Waals surface area contributed by atoms with E-state index < -0.39 is 0 Å². The predicted octanol–water partition coefficient (Wildman–Crippen LogP) is 2.31. The van der Waals surface area contributed by atoms with Crippen LogP contribution in [0.1, 0.15) is 25.7 Å². The summed E-state index contributed by atoms with van der Waals surface area (Å²) in [5.41, 5.74) is 2.18. The van der Waals surface area contributed by atoms with E-state index in [-0.39, 0.29) is 6.61 Å². The largest absolute Gasteiger partial charge is 0.395 e. The molecule has 19 heavy (non-hydrogen) atoms. The lowest BCUT2D eigenvalue weighted by atomic mass is 10.2. The zero-order chi connectivity index (χ0) is 13.2. The number of aryl methyl sites for hydroxylation is 1. The first-order valence-electron chi connectivity index (χ1n) is 7.10. The first kappa shape index (κ1) is 12.5. The van der Waals surface area contributed by atoms with Crippen LogP contribution >= 0.6 is 0 Å². The summed E-state index contributed by atoms with van der Waals surface area (Å²) in [6.07, 6.45) is 5.00. The van der Waals surface area contributed by atoms with E-state index in [0.29, 0.717) is 12.6 Å². The Morgan fingerprint density at radius 1 is 1.32 bits per heavy atom. The van der Waals surface area contributed by atoms with Crippen molar-refractivity contribution in [1.82, 2.24) is 9.55 Å². The number of rotatable bonds is 4. The molecule has 1 N–H and O–H groups in total. The highest BCUT2D eigenvalue weighted by Gasteiger charge is 2.25. The van der Waals surface area contributed by atoms with Crippen molar-refractivity contribution in [2.75, 3.05) is 18.1 Å². The zero-order valence-electron chi connectivity index (χ0n) is 11.4. The summed E-state index contributed by atoms with van der Waals surface area (Å²) in [4.78, 5) is 7.04. The Labute approximate surface area is 113 Å². The Balaban J connectivity index is 2.01. The average Bonchev–Trinajstić information content (AvgIpc) is 3.05. The minimum Gasteiger partial charge on any atom is -0.395 e. The number of imidazole rings is 1. The van der Waals surface area contributed by atoms with Crippen LogP contribution in [0.3, 0.4) is 0 Å². The number of aliphatic hydroxyl groups excluding tert-OH is 1. The molecule has 1 fully saturated rings. The summed E-state index contributed by atoms with van der Waals surface area (Å²) >= 11 is 0. The summed E-state index contributed by atoms with van der Waals surface area (Å²) in [7, 11) is 2.06. The smallest absolute Gasteiger partial charge is 0.206 e. The Bertz CT molecular complexity index is 558. The molecule has 1 aromatic heterocycles. The SMILES string of the molecule is Cn1c(N(CCO)C2CCCC2)nc2ccccc21. The number of hydrogen-bond acceptors (Lipinski definition) is 3. The average molecular weight is 259 g/mol. The molecule has 1 aliphatic carbocycles. The number of aliphatic hydroxyl groups is 1. The second kappa shape index (κ2) is 5.21. The normalized spacial score (nSPS) is 16.3. The molecule has 0 unspecified atom stereocenters. The lowest BCUT2D eigenvalue weighted by Gasteiger charge is -2.29. The fraction of sp³-hybridized carbons (Fsp3) is 0.533. The van der Waals surface area contributed by atoms with Gasteiger partial charge in [0.05, 0.1) is 17.6 Å². The molecule has 0 amide bonds. The second-order valence-electron chi connectivity index (χ2n) is 5.31. The molecule has 0 saturated heterocycles. The maximum Gasteiger partial charge on any atom is 0.206 e. The predicted molar refractivity (Wildman–Crippen MR) is 77.4 cm³/mol. The second-order valence-corrected chi connectivity index (χ2v) is 5.31. The van der Waals surface area contributed by atoms with Gasteiger partial charge < -0.3 is 14.6 Å². The summed E-state index contributed by atoms with van der Waals surface area (Å²) in [6, 6.07) is 8.73. The highest BCUT2D eigenvalue weighted by Crippen LogP contribution is 2.29. The monoisotopic (exact) mass is 259 g/mol. The van der Waals surface area contributed by atoms with E-state index >= 15 is 0 Å². The Kier molecular flexibility index (Phi) is 3.42. The molecule has 0 radical (unpaired) electrons.